The second kappa shape index (κ2) is 4.04. The van der Waals surface area contributed by atoms with Gasteiger partial charge in [-0.2, -0.15) is 0 Å². The predicted molar refractivity (Wildman–Crippen MR) is 55.7 cm³/mol. The third-order valence-electron chi connectivity index (χ3n) is 1.62. The zero-order valence-corrected chi connectivity index (χ0v) is 9.54. The molecule has 0 amide bonds. The van der Waals surface area contributed by atoms with Gasteiger partial charge in [0.1, 0.15) is 4.90 Å². The number of nitrogens with two attached hydrogens (primary N) is 1. The molecular weight excluding hydrogens is 247 g/mol. The Bertz CT molecular complexity index is 436. The molecule has 3 N–H and O–H groups in total. The molecule has 0 aliphatic heterocycles. The van der Waals surface area contributed by atoms with Crippen LogP contribution in [0.4, 0.5) is 0 Å². The summed E-state index contributed by atoms with van der Waals surface area (Å²) in [6.45, 7) is 1.59. The predicted octanol–water partition coefficient (Wildman–Crippen LogP) is 1.45. The molecule has 14 heavy (non-hydrogen) atoms. The third kappa shape index (κ3) is 2.18. The molecule has 0 fully saturated rings. The molecule has 0 saturated carbocycles. The van der Waals surface area contributed by atoms with Crippen molar-refractivity contribution in [2.75, 3.05) is 0 Å². The van der Waals surface area contributed by atoms with Crippen LogP contribution in [0.3, 0.4) is 0 Å². The van der Waals surface area contributed by atoms with E-state index >= 15 is 0 Å². The summed E-state index contributed by atoms with van der Waals surface area (Å²) in [6.07, 6.45) is 0. The number of hydrazine groups is 1. The van der Waals surface area contributed by atoms with E-state index in [1.807, 2.05) is 0 Å². The average Bonchev–Trinajstić information content (AvgIpc) is 2.01. The van der Waals surface area contributed by atoms with Crippen LogP contribution in [0.1, 0.15) is 5.56 Å². The van der Waals surface area contributed by atoms with Crippen molar-refractivity contribution in [1.29, 1.82) is 0 Å². The molecule has 0 aliphatic rings. The highest BCUT2D eigenvalue weighted by Crippen LogP contribution is 2.28. The minimum atomic E-state index is -3.74. The van der Waals surface area contributed by atoms with Crippen LogP contribution < -0.4 is 10.7 Å². The molecule has 0 spiro atoms. The summed E-state index contributed by atoms with van der Waals surface area (Å²) in [6, 6.07) is 2.85. The first-order chi connectivity index (χ1) is 6.38. The number of rotatable bonds is 2. The maximum atomic E-state index is 11.4. The molecule has 0 aromatic heterocycles. The number of hydrogen-bond acceptors (Lipinski definition) is 3. The van der Waals surface area contributed by atoms with Crippen molar-refractivity contribution in [2.24, 2.45) is 5.84 Å². The molecule has 0 radical (unpaired) electrons. The highest BCUT2D eigenvalue weighted by molar-refractivity contribution is 7.89. The lowest BCUT2D eigenvalue weighted by molar-refractivity contribution is 0.583. The topological polar surface area (TPSA) is 72.2 Å². The fraction of sp³-hybridized carbons (Fsp3) is 0.143. The van der Waals surface area contributed by atoms with Gasteiger partial charge in [-0.25, -0.2) is 8.42 Å². The maximum absolute atomic E-state index is 11.4. The first kappa shape index (κ1) is 11.7. The lowest BCUT2D eigenvalue weighted by Gasteiger charge is -2.08. The fourth-order valence-electron chi connectivity index (χ4n) is 1.09. The highest BCUT2D eigenvalue weighted by atomic mass is 35.5. The molecule has 78 valence electrons. The van der Waals surface area contributed by atoms with E-state index < -0.39 is 10.0 Å². The van der Waals surface area contributed by atoms with Gasteiger partial charge in [0.15, 0.2) is 0 Å². The SMILES string of the molecule is Cc1cc(Cl)cc(Cl)c1S(=O)(=O)NN. The van der Waals surface area contributed by atoms with Gasteiger partial charge in [0, 0.05) is 5.02 Å². The molecular formula is C7H8Cl2N2O2S. The minimum absolute atomic E-state index is 0.0490. The molecule has 7 heteroatoms. The van der Waals surface area contributed by atoms with Crippen LogP contribution in [0, 0.1) is 6.92 Å². The third-order valence-corrected chi connectivity index (χ3v) is 3.64. The van der Waals surface area contributed by atoms with E-state index in [1.165, 1.54) is 12.1 Å². The summed E-state index contributed by atoms with van der Waals surface area (Å²) in [4.78, 5) is 1.65. The molecule has 0 saturated heterocycles. The Morgan fingerprint density at radius 3 is 2.36 bits per heavy atom. The van der Waals surface area contributed by atoms with E-state index in [4.69, 9.17) is 29.0 Å². The van der Waals surface area contributed by atoms with E-state index in [0.717, 1.165) is 0 Å². The summed E-state index contributed by atoms with van der Waals surface area (Å²) in [5, 5.41) is 0.427. The normalized spacial score (nSPS) is 11.7. The monoisotopic (exact) mass is 254 g/mol. The van der Waals surface area contributed by atoms with E-state index in [2.05, 4.69) is 0 Å². The molecule has 0 bridgehead atoms. The zero-order valence-electron chi connectivity index (χ0n) is 7.21. The molecule has 0 atom stereocenters. The van der Waals surface area contributed by atoms with Crippen molar-refractivity contribution in [2.45, 2.75) is 11.8 Å². The van der Waals surface area contributed by atoms with Crippen molar-refractivity contribution in [3.05, 3.63) is 27.7 Å². The fourth-order valence-corrected chi connectivity index (χ4v) is 2.90. The summed E-state index contributed by atoms with van der Waals surface area (Å²) in [5.74, 6) is 4.88. The maximum Gasteiger partial charge on any atom is 0.254 e. The van der Waals surface area contributed by atoms with Gasteiger partial charge in [-0.05, 0) is 24.6 Å². The van der Waals surface area contributed by atoms with E-state index in [-0.39, 0.29) is 9.92 Å². The summed E-state index contributed by atoms with van der Waals surface area (Å²) < 4.78 is 22.8. The molecule has 0 unspecified atom stereocenters. The van der Waals surface area contributed by atoms with Crippen molar-refractivity contribution >= 4 is 33.2 Å². The van der Waals surface area contributed by atoms with E-state index in [0.29, 0.717) is 10.6 Å². The Balaban J connectivity index is 3.51. The smallest absolute Gasteiger partial charge is 0.254 e. The van der Waals surface area contributed by atoms with Crippen LogP contribution in [0.15, 0.2) is 17.0 Å². The van der Waals surface area contributed by atoms with Gasteiger partial charge in [-0.15, -0.1) is 4.83 Å². The van der Waals surface area contributed by atoms with Crippen LogP contribution >= 0.6 is 23.2 Å². The zero-order chi connectivity index (χ0) is 10.9. The number of benzene rings is 1. The number of halogens is 2. The van der Waals surface area contributed by atoms with Crippen LogP contribution in [0.25, 0.3) is 0 Å². The largest absolute Gasteiger partial charge is 0.257 e. The van der Waals surface area contributed by atoms with Gasteiger partial charge >= 0.3 is 0 Å². The number of aryl methyl sites for hydroxylation is 1. The molecule has 0 aliphatic carbocycles. The molecule has 4 nitrogen and oxygen atoms in total. The Morgan fingerprint density at radius 2 is 1.93 bits per heavy atom. The van der Waals surface area contributed by atoms with Crippen LogP contribution in [0.5, 0.6) is 0 Å². The second-order valence-electron chi connectivity index (χ2n) is 2.65. The second-order valence-corrected chi connectivity index (χ2v) is 5.15. The van der Waals surface area contributed by atoms with Gasteiger partial charge in [0.25, 0.3) is 10.0 Å². The van der Waals surface area contributed by atoms with Gasteiger partial charge in [0.05, 0.1) is 5.02 Å². The van der Waals surface area contributed by atoms with Crippen LogP contribution in [0.2, 0.25) is 10.0 Å². The molecule has 0 heterocycles. The number of hydrogen-bond donors (Lipinski definition) is 2. The standard InChI is InChI=1S/C7H8Cl2N2O2S/c1-4-2-5(8)3-6(9)7(4)14(12,13)11-10/h2-3,11H,10H2,1H3. The number of sulfonamides is 1. The Kier molecular flexibility index (Phi) is 3.39. The van der Waals surface area contributed by atoms with Gasteiger partial charge < -0.3 is 0 Å². The summed E-state index contributed by atoms with van der Waals surface area (Å²) in [7, 11) is -3.74. The average molecular weight is 255 g/mol. The molecule has 1 rings (SSSR count). The van der Waals surface area contributed by atoms with E-state index in [1.54, 1.807) is 11.8 Å². The van der Waals surface area contributed by atoms with Crippen LogP contribution in [-0.4, -0.2) is 8.42 Å². The molecule has 1 aromatic carbocycles. The van der Waals surface area contributed by atoms with Gasteiger partial charge in [-0.3, -0.25) is 5.84 Å². The lowest BCUT2D eigenvalue weighted by atomic mass is 10.2. The summed E-state index contributed by atoms with van der Waals surface area (Å²) >= 11 is 11.4. The van der Waals surface area contributed by atoms with Crippen LogP contribution in [-0.2, 0) is 10.0 Å². The van der Waals surface area contributed by atoms with Gasteiger partial charge in [-0.1, -0.05) is 23.2 Å². The highest BCUT2D eigenvalue weighted by Gasteiger charge is 2.19. The first-order valence-electron chi connectivity index (χ1n) is 3.56. The van der Waals surface area contributed by atoms with Crippen molar-refractivity contribution in [1.82, 2.24) is 4.83 Å². The minimum Gasteiger partial charge on any atom is -0.257 e. The van der Waals surface area contributed by atoms with Crippen molar-refractivity contribution in [3.63, 3.8) is 0 Å². The first-order valence-corrected chi connectivity index (χ1v) is 5.80. The Morgan fingerprint density at radius 1 is 1.36 bits per heavy atom. The lowest BCUT2D eigenvalue weighted by Crippen LogP contribution is -2.30. The quantitative estimate of drug-likeness (QED) is 0.620. The van der Waals surface area contributed by atoms with Crippen molar-refractivity contribution in [3.8, 4) is 0 Å². The Labute approximate surface area is 92.0 Å². The molecule has 1 aromatic rings. The van der Waals surface area contributed by atoms with Crippen molar-refractivity contribution < 1.29 is 8.42 Å². The summed E-state index contributed by atoms with van der Waals surface area (Å²) in [5.41, 5.74) is 0.445. The van der Waals surface area contributed by atoms with Gasteiger partial charge in [0.2, 0.25) is 0 Å². The van der Waals surface area contributed by atoms with E-state index in [9.17, 15) is 8.42 Å². The Hall–Kier alpha value is -0.330. The number of nitrogens with one attached hydrogen (secondary N) is 1.